The van der Waals surface area contributed by atoms with Crippen LogP contribution in [-0.2, 0) is 6.42 Å². The summed E-state index contributed by atoms with van der Waals surface area (Å²) in [6.45, 7) is 2.66. The monoisotopic (exact) mass is 252 g/mol. The maximum Gasteiger partial charge on any atom is 0.150 e. The Bertz CT molecular complexity index is 765. The van der Waals surface area contributed by atoms with Gasteiger partial charge in [0.15, 0.2) is 5.82 Å². The summed E-state index contributed by atoms with van der Waals surface area (Å²) in [5.74, 6) is 0.479. The molecule has 3 rings (SSSR count). The Hall–Kier alpha value is -2.20. The van der Waals surface area contributed by atoms with Crippen molar-refractivity contribution in [3.8, 4) is 0 Å². The number of anilines is 1. The van der Waals surface area contributed by atoms with Crippen LogP contribution in [0.1, 0.15) is 11.1 Å². The number of nitrogen functional groups attached to an aromatic ring is 1. The smallest absolute Gasteiger partial charge is 0.150 e. The average molecular weight is 252 g/mol. The summed E-state index contributed by atoms with van der Waals surface area (Å²) in [5, 5.41) is 2.13. The van der Waals surface area contributed by atoms with Gasteiger partial charge in [-0.3, -0.25) is 4.98 Å². The number of pyridine rings is 2. The topological polar surface area (TPSA) is 77.8 Å². The van der Waals surface area contributed by atoms with Crippen LogP contribution < -0.4 is 11.5 Å². The molecule has 0 amide bonds. The van der Waals surface area contributed by atoms with Crippen LogP contribution in [0.3, 0.4) is 0 Å². The van der Waals surface area contributed by atoms with E-state index in [1.807, 2.05) is 19.2 Å². The van der Waals surface area contributed by atoms with Crippen LogP contribution in [0.4, 0.5) is 5.82 Å². The number of benzene rings is 1. The summed E-state index contributed by atoms with van der Waals surface area (Å²) in [7, 11) is 0. The van der Waals surface area contributed by atoms with Gasteiger partial charge in [-0.1, -0.05) is 12.1 Å². The van der Waals surface area contributed by atoms with E-state index in [1.165, 1.54) is 5.56 Å². The van der Waals surface area contributed by atoms with E-state index in [0.717, 1.165) is 33.8 Å². The van der Waals surface area contributed by atoms with Crippen molar-refractivity contribution in [3.63, 3.8) is 0 Å². The van der Waals surface area contributed by atoms with Crippen LogP contribution in [-0.4, -0.2) is 16.5 Å². The molecule has 0 spiro atoms. The van der Waals surface area contributed by atoms with Crippen molar-refractivity contribution in [2.75, 3.05) is 12.3 Å². The first-order valence-electron chi connectivity index (χ1n) is 6.33. The second-order valence-electron chi connectivity index (χ2n) is 4.80. The number of hydrogen-bond donors (Lipinski definition) is 2. The lowest BCUT2D eigenvalue weighted by atomic mass is 10.0. The van der Waals surface area contributed by atoms with E-state index in [2.05, 4.69) is 28.2 Å². The standard InChI is InChI=1S/C15H16N4/c1-9-2-3-11-12-7-10(4-5-16)8-18-14(12)15(17)19-13(11)6-9/h2-3,6-8H,4-5,16H2,1H3,(H2,17,19). The summed E-state index contributed by atoms with van der Waals surface area (Å²) < 4.78 is 0. The van der Waals surface area contributed by atoms with Gasteiger partial charge >= 0.3 is 0 Å². The highest BCUT2D eigenvalue weighted by Crippen LogP contribution is 2.27. The fraction of sp³-hybridized carbons (Fsp3) is 0.200. The van der Waals surface area contributed by atoms with Gasteiger partial charge in [-0.2, -0.15) is 0 Å². The van der Waals surface area contributed by atoms with Gasteiger partial charge in [0.1, 0.15) is 5.52 Å². The van der Waals surface area contributed by atoms with Crippen molar-refractivity contribution in [2.45, 2.75) is 13.3 Å². The lowest BCUT2D eigenvalue weighted by Crippen LogP contribution is -2.03. The molecule has 2 heterocycles. The van der Waals surface area contributed by atoms with Crippen molar-refractivity contribution in [3.05, 3.63) is 41.6 Å². The zero-order valence-electron chi connectivity index (χ0n) is 10.9. The second kappa shape index (κ2) is 4.48. The van der Waals surface area contributed by atoms with Crippen LogP contribution in [0.15, 0.2) is 30.5 Å². The van der Waals surface area contributed by atoms with Gasteiger partial charge in [0, 0.05) is 17.0 Å². The molecule has 4 N–H and O–H groups in total. The van der Waals surface area contributed by atoms with Gasteiger partial charge < -0.3 is 11.5 Å². The quantitative estimate of drug-likeness (QED) is 0.685. The minimum absolute atomic E-state index is 0.479. The Balaban J connectivity index is 2.39. The van der Waals surface area contributed by atoms with E-state index < -0.39 is 0 Å². The van der Waals surface area contributed by atoms with Crippen LogP contribution in [0.25, 0.3) is 21.8 Å². The molecule has 0 aliphatic heterocycles. The Labute approximate surface area is 111 Å². The lowest BCUT2D eigenvalue weighted by molar-refractivity contribution is 0.963. The predicted molar refractivity (Wildman–Crippen MR) is 79.0 cm³/mol. The molecule has 0 saturated heterocycles. The van der Waals surface area contributed by atoms with Crippen LogP contribution >= 0.6 is 0 Å². The molecule has 1 aromatic carbocycles. The molecule has 3 aromatic rings. The number of aryl methyl sites for hydroxylation is 1. The summed E-state index contributed by atoms with van der Waals surface area (Å²) in [4.78, 5) is 8.86. The molecule has 4 nitrogen and oxygen atoms in total. The van der Waals surface area contributed by atoms with Crippen molar-refractivity contribution >= 4 is 27.6 Å². The van der Waals surface area contributed by atoms with E-state index in [0.29, 0.717) is 12.4 Å². The SMILES string of the molecule is Cc1ccc2c(c1)nc(N)c1ncc(CCN)cc12. The molecular formula is C15H16N4. The predicted octanol–water partition coefficient (Wildman–Crippen LogP) is 2.17. The molecule has 96 valence electrons. The molecule has 0 fully saturated rings. The minimum atomic E-state index is 0.479. The maximum atomic E-state index is 6.00. The Morgan fingerprint density at radius 1 is 1.16 bits per heavy atom. The van der Waals surface area contributed by atoms with Gasteiger partial charge in [-0.25, -0.2) is 4.98 Å². The number of aromatic nitrogens is 2. The molecule has 0 atom stereocenters. The van der Waals surface area contributed by atoms with E-state index in [-0.39, 0.29) is 0 Å². The summed E-state index contributed by atoms with van der Waals surface area (Å²) in [5.41, 5.74) is 15.6. The molecule has 0 aliphatic carbocycles. The first kappa shape index (κ1) is 11.9. The van der Waals surface area contributed by atoms with Gasteiger partial charge in [-0.05, 0) is 43.1 Å². The number of nitrogens with zero attached hydrogens (tertiary/aromatic N) is 2. The van der Waals surface area contributed by atoms with Crippen LogP contribution in [0.5, 0.6) is 0 Å². The first-order valence-corrected chi connectivity index (χ1v) is 6.33. The highest BCUT2D eigenvalue weighted by atomic mass is 14.9. The highest BCUT2D eigenvalue weighted by molar-refractivity contribution is 6.08. The number of fused-ring (bicyclic) bond motifs is 3. The normalized spacial score (nSPS) is 11.3. The first-order chi connectivity index (χ1) is 9.19. The number of hydrogen-bond acceptors (Lipinski definition) is 4. The molecular weight excluding hydrogens is 236 g/mol. The van der Waals surface area contributed by atoms with E-state index in [4.69, 9.17) is 11.5 Å². The molecule has 0 radical (unpaired) electrons. The van der Waals surface area contributed by atoms with Crippen molar-refractivity contribution in [2.24, 2.45) is 5.73 Å². The Kier molecular flexibility index (Phi) is 2.80. The fourth-order valence-corrected chi connectivity index (χ4v) is 2.37. The summed E-state index contributed by atoms with van der Waals surface area (Å²) in [6.07, 6.45) is 2.64. The molecule has 0 aliphatic rings. The lowest BCUT2D eigenvalue weighted by Gasteiger charge is -2.08. The zero-order chi connectivity index (χ0) is 13.4. The van der Waals surface area contributed by atoms with Crippen molar-refractivity contribution in [1.29, 1.82) is 0 Å². The summed E-state index contributed by atoms with van der Waals surface area (Å²) in [6, 6.07) is 8.31. The van der Waals surface area contributed by atoms with E-state index in [9.17, 15) is 0 Å². The molecule has 19 heavy (non-hydrogen) atoms. The van der Waals surface area contributed by atoms with Gasteiger partial charge in [0.25, 0.3) is 0 Å². The third-order valence-corrected chi connectivity index (χ3v) is 3.30. The average Bonchev–Trinajstić information content (AvgIpc) is 2.38. The van der Waals surface area contributed by atoms with Crippen molar-refractivity contribution in [1.82, 2.24) is 9.97 Å². The van der Waals surface area contributed by atoms with Crippen LogP contribution in [0, 0.1) is 6.92 Å². The minimum Gasteiger partial charge on any atom is -0.382 e. The Morgan fingerprint density at radius 3 is 2.79 bits per heavy atom. The fourth-order valence-electron chi connectivity index (χ4n) is 2.37. The third kappa shape index (κ3) is 2.00. The van der Waals surface area contributed by atoms with Gasteiger partial charge in [0.05, 0.1) is 5.52 Å². The number of rotatable bonds is 2. The second-order valence-corrected chi connectivity index (χ2v) is 4.80. The van der Waals surface area contributed by atoms with Crippen molar-refractivity contribution < 1.29 is 0 Å². The largest absolute Gasteiger partial charge is 0.382 e. The Morgan fingerprint density at radius 2 is 2.00 bits per heavy atom. The van der Waals surface area contributed by atoms with Gasteiger partial charge in [-0.15, -0.1) is 0 Å². The third-order valence-electron chi connectivity index (χ3n) is 3.30. The highest BCUT2D eigenvalue weighted by Gasteiger charge is 2.08. The van der Waals surface area contributed by atoms with E-state index in [1.54, 1.807) is 0 Å². The molecule has 2 aromatic heterocycles. The zero-order valence-corrected chi connectivity index (χ0v) is 10.9. The molecule has 0 bridgehead atoms. The number of nitrogens with two attached hydrogens (primary N) is 2. The van der Waals surface area contributed by atoms with Crippen LogP contribution in [0.2, 0.25) is 0 Å². The summed E-state index contributed by atoms with van der Waals surface area (Å²) >= 11 is 0. The molecule has 4 heteroatoms. The maximum absolute atomic E-state index is 6.00. The molecule has 0 unspecified atom stereocenters. The molecule has 0 saturated carbocycles. The van der Waals surface area contributed by atoms with E-state index >= 15 is 0 Å². The van der Waals surface area contributed by atoms with Gasteiger partial charge in [0.2, 0.25) is 0 Å².